The predicted octanol–water partition coefficient (Wildman–Crippen LogP) is 3.14. The van der Waals surface area contributed by atoms with Crippen molar-refractivity contribution in [3.05, 3.63) is 82.9 Å². The van der Waals surface area contributed by atoms with Crippen LogP contribution in [-0.4, -0.2) is 105 Å². The zero-order valence-corrected chi connectivity index (χ0v) is 34.9. The number of fused-ring (bicyclic) bond motifs is 5. The average molecular weight is 858 g/mol. The molecule has 0 amide bonds. The third-order valence-corrected chi connectivity index (χ3v) is 13.5. The van der Waals surface area contributed by atoms with Gasteiger partial charge in [0.05, 0.1) is 36.0 Å². The molecule has 1 saturated heterocycles. The van der Waals surface area contributed by atoms with Gasteiger partial charge in [0.15, 0.2) is 11.4 Å². The van der Waals surface area contributed by atoms with Gasteiger partial charge in [-0.15, -0.1) is 9.32 Å². The summed E-state index contributed by atoms with van der Waals surface area (Å²) in [4.78, 5) is 73.5. The van der Waals surface area contributed by atoms with E-state index in [1.54, 1.807) is 69.3 Å². The minimum absolute atomic E-state index is 0.0180. The Labute approximate surface area is 350 Å². The largest absolute Gasteiger partial charge is 0.455 e. The molecule has 17 nitrogen and oxygen atoms in total. The van der Waals surface area contributed by atoms with Crippen LogP contribution in [-0.2, 0) is 57.2 Å². The van der Waals surface area contributed by atoms with Gasteiger partial charge in [-0.1, -0.05) is 69.3 Å². The lowest BCUT2D eigenvalue weighted by Crippen LogP contribution is -2.81. The number of rotatable bonds is 14. The Hall–Kier alpha value is -4.24. The van der Waals surface area contributed by atoms with Crippen LogP contribution in [0.15, 0.2) is 71.8 Å². The molecule has 1 aliphatic heterocycles. The molecule has 2 saturated carbocycles. The number of hydrogen-bond donors (Lipinski definition) is 4. The van der Waals surface area contributed by atoms with Crippen LogP contribution in [0.25, 0.3) is 0 Å². The third kappa shape index (κ3) is 7.89. The molecule has 3 fully saturated rings. The molecule has 0 radical (unpaired) electrons. The number of nitrogens with two attached hydrogens (primary N) is 1. The van der Waals surface area contributed by atoms with E-state index in [9.17, 15) is 34.5 Å². The summed E-state index contributed by atoms with van der Waals surface area (Å²) in [6.45, 7) is 8.60. The van der Waals surface area contributed by atoms with E-state index in [0.29, 0.717) is 17.6 Å². The summed E-state index contributed by atoms with van der Waals surface area (Å²) in [5, 5.41) is 41.8. The number of hydrogen-bond acceptors (Lipinski definition) is 18. The highest BCUT2D eigenvalue weighted by atomic mass is 32.2. The molecule has 18 heteroatoms. The molecule has 2 aromatic carbocycles. The van der Waals surface area contributed by atoms with E-state index in [-0.39, 0.29) is 41.9 Å². The van der Waals surface area contributed by atoms with Gasteiger partial charge in [-0.25, -0.2) is 9.59 Å². The van der Waals surface area contributed by atoms with Crippen LogP contribution in [0, 0.1) is 16.7 Å². The molecule has 0 spiro atoms. The molecule has 6 rings (SSSR count). The maximum atomic E-state index is 15.0. The highest BCUT2D eigenvalue weighted by molar-refractivity contribution is 7.94. The number of ketones is 1. The lowest BCUT2D eigenvalue weighted by molar-refractivity contribution is -0.464. The molecule has 0 aromatic heterocycles. The quantitative estimate of drug-likeness (QED) is 0.0405. The van der Waals surface area contributed by atoms with Crippen LogP contribution in [0.1, 0.15) is 82.6 Å². The maximum Gasteiger partial charge on any atom is 0.348 e. The summed E-state index contributed by atoms with van der Waals surface area (Å²) in [6.07, 6.45) is -10.2. The first-order chi connectivity index (χ1) is 28.3. The Balaban J connectivity index is 1.46. The van der Waals surface area contributed by atoms with Crippen molar-refractivity contribution < 1.29 is 77.3 Å². The van der Waals surface area contributed by atoms with Crippen molar-refractivity contribution in [3.8, 4) is 0 Å². The van der Waals surface area contributed by atoms with Crippen molar-refractivity contribution in [2.24, 2.45) is 22.6 Å². The Morgan fingerprint density at radius 2 is 1.65 bits per heavy atom. The van der Waals surface area contributed by atoms with Crippen LogP contribution in [0.3, 0.4) is 0 Å². The lowest BCUT2D eigenvalue weighted by Gasteiger charge is -2.67. The van der Waals surface area contributed by atoms with Gasteiger partial charge in [-0.05, 0) is 47.7 Å². The minimum atomic E-state index is -2.33. The summed E-state index contributed by atoms with van der Waals surface area (Å²) >= 11 is 0.689. The van der Waals surface area contributed by atoms with Crippen molar-refractivity contribution in [2.75, 3.05) is 12.4 Å². The first-order valence-corrected chi connectivity index (χ1v) is 20.4. The summed E-state index contributed by atoms with van der Waals surface area (Å²) in [6, 6.07) is 16.6. The molecular formula is C42H51NO16S. The van der Waals surface area contributed by atoms with Crippen LogP contribution >= 0.6 is 12.0 Å². The van der Waals surface area contributed by atoms with Crippen LogP contribution in [0.5, 0.6) is 0 Å². The first kappa shape index (κ1) is 45.3. The normalized spacial score (nSPS) is 32.7. The Kier molecular flexibility index (Phi) is 13.3. The zero-order chi connectivity index (χ0) is 43.8. The van der Waals surface area contributed by atoms with Gasteiger partial charge >= 0.3 is 23.9 Å². The second-order valence-corrected chi connectivity index (χ2v) is 17.3. The van der Waals surface area contributed by atoms with Crippen molar-refractivity contribution in [1.29, 1.82) is 0 Å². The predicted molar refractivity (Wildman–Crippen MR) is 208 cm³/mol. The summed E-state index contributed by atoms with van der Waals surface area (Å²) in [5.41, 5.74) is -6.81. The third-order valence-electron chi connectivity index (χ3n) is 13.0. The number of ether oxygens (including phenoxy) is 5. The minimum Gasteiger partial charge on any atom is -0.455 e. The summed E-state index contributed by atoms with van der Waals surface area (Å²) < 4.78 is 34.7. The summed E-state index contributed by atoms with van der Waals surface area (Å²) in [5.74, 6) is -1.91. The van der Waals surface area contributed by atoms with Crippen LogP contribution in [0.4, 0.5) is 0 Å². The number of aliphatic hydroxyl groups excluding tert-OH is 2. The smallest absolute Gasteiger partial charge is 0.348 e. The lowest BCUT2D eigenvalue weighted by atomic mass is 9.44. The van der Waals surface area contributed by atoms with E-state index >= 15 is 4.79 Å². The van der Waals surface area contributed by atoms with E-state index in [1.165, 1.54) is 26.0 Å². The van der Waals surface area contributed by atoms with Crippen molar-refractivity contribution in [3.63, 3.8) is 0 Å². The fourth-order valence-electron chi connectivity index (χ4n) is 9.66. The number of Topliss-reactive ketones (excluding diaryl/α,β-unsaturated/α-hetero) is 1. The first-order valence-electron chi connectivity index (χ1n) is 19.5. The topological polar surface area (TPSA) is 246 Å². The van der Waals surface area contributed by atoms with E-state index < -0.39 is 107 Å². The highest BCUT2D eigenvalue weighted by Crippen LogP contribution is 2.64. The Morgan fingerprint density at radius 1 is 1.00 bits per heavy atom. The summed E-state index contributed by atoms with van der Waals surface area (Å²) in [7, 11) is 0. The zero-order valence-electron chi connectivity index (χ0n) is 34.1. The molecule has 5 N–H and O–H groups in total. The van der Waals surface area contributed by atoms with E-state index in [4.69, 9.17) is 29.6 Å². The molecule has 3 aliphatic carbocycles. The second-order valence-electron chi connectivity index (χ2n) is 16.5. The fraction of sp³-hybridized carbons (Fsp3) is 0.548. The van der Waals surface area contributed by atoms with Gasteiger partial charge in [0.1, 0.15) is 30.0 Å². The Morgan fingerprint density at radius 3 is 2.25 bits per heavy atom. The van der Waals surface area contributed by atoms with E-state index in [0.717, 1.165) is 6.92 Å². The van der Waals surface area contributed by atoms with Gasteiger partial charge in [-0.3, -0.25) is 14.4 Å². The van der Waals surface area contributed by atoms with Gasteiger partial charge in [0.2, 0.25) is 6.10 Å². The molecule has 1 heterocycles. The van der Waals surface area contributed by atoms with Gasteiger partial charge in [0, 0.05) is 48.9 Å². The maximum absolute atomic E-state index is 15.0. The number of carbonyl (C=O) groups is 5. The van der Waals surface area contributed by atoms with Crippen LogP contribution in [0.2, 0.25) is 0 Å². The molecule has 326 valence electrons. The van der Waals surface area contributed by atoms with Gasteiger partial charge in [-0.2, -0.15) is 5.90 Å². The molecule has 1 unspecified atom stereocenters. The molecule has 11 atom stereocenters. The SMILES string of the molecule is CC(=O)O[C@@]12CO[C@@H]1C[C@H](O)[C@@]1(C)C(=O)[C@H](O)C3=C(C)[C@@H](OC(=O)[C@H](OC(=O)CCSOOON)[C@@H](C)c4ccccc4)C[C@](O)(C(OC(=O)c4ccccc4)[C@H]21)C3(C)C. The van der Waals surface area contributed by atoms with Crippen LogP contribution < -0.4 is 5.90 Å². The number of aliphatic hydroxyl groups is 3. The highest BCUT2D eigenvalue weighted by Gasteiger charge is 2.78. The standard InChI is InChI=1S/C42H51NO16S/c1-22(25-13-9-7-10-14-25)33(54-30(46)17-18-60-59-58-57-43)38(50)53-27-20-42(51)36(55-37(49)26-15-11-8-12-16-26)34-40(6,35(48)32(47)31(23(27)2)39(42,4)5)28(45)19-29-41(34,21-52-29)56-24(3)44/h7-16,22,27-29,32-34,36,45,47,51H,17-21,43H2,1-6H3/t22-,27-,28-,29+,32+,33+,34-,36?,40+,41-,42-/m0/s1. The fourth-order valence-corrected chi connectivity index (χ4v) is 10.1. The van der Waals surface area contributed by atoms with Gasteiger partial charge < -0.3 is 39.0 Å². The van der Waals surface area contributed by atoms with Gasteiger partial charge in [0.25, 0.3) is 0 Å². The molecule has 2 aromatic rings. The molecule has 2 bridgehead atoms. The van der Waals surface area contributed by atoms with Crippen molar-refractivity contribution in [2.45, 2.75) is 115 Å². The second kappa shape index (κ2) is 17.6. The molecular weight excluding hydrogens is 807 g/mol. The van der Waals surface area contributed by atoms with E-state index in [1.807, 2.05) is 0 Å². The monoisotopic (exact) mass is 857 g/mol. The molecule has 4 aliphatic rings. The number of esters is 4. The van der Waals surface area contributed by atoms with E-state index in [2.05, 4.69) is 14.4 Å². The Bertz CT molecular complexity index is 1980. The molecule has 60 heavy (non-hydrogen) atoms. The van der Waals surface area contributed by atoms with Crippen molar-refractivity contribution >= 4 is 41.7 Å². The number of carbonyl (C=O) groups excluding carboxylic acids is 5. The average Bonchev–Trinajstić information content (AvgIpc) is 3.21. The number of benzene rings is 2. The van der Waals surface area contributed by atoms with Crippen molar-refractivity contribution in [1.82, 2.24) is 0 Å².